The van der Waals surface area contributed by atoms with Gasteiger partial charge in [0, 0.05) is 38.9 Å². The van der Waals surface area contributed by atoms with Crippen LogP contribution in [0.1, 0.15) is 57.8 Å². The number of aliphatic imine (C=N–C) groups is 1. The number of hydrogen-bond acceptors (Lipinski definition) is 5. The molecule has 0 saturated carbocycles. The van der Waals surface area contributed by atoms with Crippen LogP contribution < -0.4 is 5.32 Å². The van der Waals surface area contributed by atoms with Crippen molar-refractivity contribution in [3.05, 3.63) is 78.0 Å². The third-order valence-electron chi connectivity index (χ3n) is 6.48. The van der Waals surface area contributed by atoms with E-state index in [1.165, 1.54) is 6.08 Å². The summed E-state index contributed by atoms with van der Waals surface area (Å²) in [5.41, 5.74) is 4.07. The van der Waals surface area contributed by atoms with Crippen molar-refractivity contribution in [3.8, 4) is 0 Å². The first-order chi connectivity index (χ1) is 17.4. The van der Waals surface area contributed by atoms with E-state index in [1.54, 1.807) is 28.2 Å². The van der Waals surface area contributed by atoms with Gasteiger partial charge in [0.15, 0.2) is 0 Å². The quantitative estimate of drug-likeness (QED) is 0.288. The van der Waals surface area contributed by atoms with Gasteiger partial charge in [0.05, 0.1) is 29.2 Å². The fraction of sp³-hybridized carbons (Fsp3) is 0.448. The van der Waals surface area contributed by atoms with Crippen molar-refractivity contribution in [1.29, 1.82) is 0 Å². The van der Waals surface area contributed by atoms with Crippen LogP contribution in [-0.4, -0.2) is 70.8 Å². The molecule has 1 atom stereocenters. The Morgan fingerprint density at radius 1 is 1.30 bits per heavy atom. The summed E-state index contributed by atoms with van der Waals surface area (Å²) in [6.45, 7) is 23.6. The van der Waals surface area contributed by atoms with E-state index in [4.69, 9.17) is 0 Å². The highest BCUT2D eigenvalue weighted by atomic mass is 16.2. The molecule has 2 rings (SSSR count). The van der Waals surface area contributed by atoms with Crippen molar-refractivity contribution < 1.29 is 9.59 Å². The molecule has 8 nitrogen and oxygen atoms in total. The molecule has 1 fully saturated rings. The van der Waals surface area contributed by atoms with Gasteiger partial charge in [0.2, 0.25) is 5.91 Å². The third-order valence-corrected chi connectivity index (χ3v) is 6.48. The SMILES string of the molecule is C=CC(=O)N(C)C1CCCN(/C(=C/N=C)C(=C)/C(C)=C/C=C(\C)CNC(=O)c2cnn(C(C)(C)C)c2)C1. The van der Waals surface area contributed by atoms with Crippen LogP contribution in [0.4, 0.5) is 0 Å². The third kappa shape index (κ3) is 8.17. The summed E-state index contributed by atoms with van der Waals surface area (Å²) in [7, 11) is 1.82. The maximum absolute atomic E-state index is 12.5. The first-order valence-corrected chi connectivity index (χ1v) is 12.6. The highest BCUT2D eigenvalue weighted by Crippen LogP contribution is 2.26. The Balaban J connectivity index is 2.04. The molecule has 1 N–H and O–H groups in total. The number of hydrogen-bond donors (Lipinski definition) is 1. The number of rotatable bonds is 10. The van der Waals surface area contributed by atoms with Gasteiger partial charge in [-0.3, -0.25) is 19.3 Å². The summed E-state index contributed by atoms with van der Waals surface area (Å²) in [4.78, 5) is 32.6. The molecule has 1 aromatic rings. The predicted molar refractivity (Wildman–Crippen MR) is 151 cm³/mol. The van der Waals surface area contributed by atoms with Crippen LogP contribution in [0.25, 0.3) is 0 Å². The lowest BCUT2D eigenvalue weighted by molar-refractivity contribution is -0.127. The van der Waals surface area contributed by atoms with Gasteiger partial charge in [-0.1, -0.05) is 30.9 Å². The second kappa shape index (κ2) is 13.0. The number of carbonyl (C=O) groups is 2. The van der Waals surface area contributed by atoms with E-state index in [2.05, 4.69) is 40.2 Å². The second-order valence-corrected chi connectivity index (χ2v) is 10.5. The van der Waals surface area contributed by atoms with Crippen LogP contribution in [0.3, 0.4) is 0 Å². The molecule has 1 unspecified atom stereocenters. The number of piperidine rings is 1. The Hall–Kier alpha value is -3.68. The van der Waals surface area contributed by atoms with Gasteiger partial charge in [-0.05, 0) is 71.4 Å². The average Bonchev–Trinajstić information content (AvgIpc) is 3.39. The summed E-state index contributed by atoms with van der Waals surface area (Å²) in [5.74, 6) is -0.236. The lowest BCUT2D eigenvalue weighted by Crippen LogP contribution is -2.47. The minimum absolute atomic E-state index is 0.0788. The zero-order valence-electron chi connectivity index (χ0n) is 23.3. The van der Waals surface area contributed by atoms with Crippen LogP contribution in [0, 0.1) is 0 Å². The van der Waals surface area contributed by atoms with Gasteiger partial charge >= 0.3 is 0 Å². The van der Waals surface area contributed by atoms with Gasteiger partial charge in [-0.25, -0.2) is 0 Å². The molecular formula is C29H42N6O2. The van der Waals surface area contributed by atoms with E-state index >= 15 is 0 Å². The normalized spacial score (nSPS) is 17.3. The number of nitrogens with one attached hydrogen (secondary N) is 1. The van der Waals surface area contributed by atoms with Gasteiger partial charge in [0.1, 0.15) is 0 Å². The molecule has 0 radical (unpaired) electrons. The molecule has 1 aromatic heterocycles. The van der Waals surface area contributed by atoms with Gasteiger partial charge in [0.25, 0.3) is 5.91 Å². The second-order valence-electron chi connectivity index (χ2n) is 10.5. The number of nitrogens with zero attached hydrogens (tertiary/aromatic N) is 5. The van der Waals surface area contributed by atoms with Gasteiger partial charge in [-0.2, -0.15) is 5.10 Å². The fourth-order valence-electron chi connectivity index (χ4n) is 4.01. The molecule has 2 amide bonds. The molecule has 0 bridgehead atoms. The first kappa shape index (κ1) is 29.5. The van der Waals surface area contributed by atoms with Crippen molar-refractivity contribution in [2.75, 3.05) is 26.7 Å². The van der Waals surface area contributed by atoms with E-state index < -0.39 is 0 Å². The minimum atomic E-state index is -0.179. The summed E-state index contributed by atoms with van der Waals surface area (Å²) >= 11 is 0. The van der Waals surface area contributed by atoms with E-state index in [0.29, 0.717) is 18.7 Å². The Bertz CT molecular complexity index is 1120. The molecule has 0 aliphatic carbocycles. The average molecular weight is 507 g/mol. The summed E-state index contributed by atoms with van der Waals surface area (Å²) < 4.78 is 1.78. The van der Waals surface area contributed by atoms with Crippen LogP contribution in [-0.2, 0) is 10.3 Å². The molecule has 8 heteroatoms. The maximum Gasteiger partial charge on any atom is 0.254 e. The predicted octanol–water partition coefficient (Wildman–Crippen LogP) is 4.47. The van der Waals surface area contributed by atoms with Crippen molar-refractivity contribution >= 4 is 18.5 Å². The fourth-order valence-corrected chi connectivity index (χ4v) is 4.01. The van der Waals surface area contributed by atoms with E-state index in [9.17, 15) is 9.59 Å². The lowest BCUT2D eigenvalue weighted by Gasteiger charge is -2.40. The molecule has 37 heavy (non-hydrogen) atoms. The Kier molecular flexibility index (Phi) is 10.4. The topological polar surface area (TPSA) is 82.8 Å². The zero-order chi connectivity index (χ0) is 27.8. The van der Waals surface area contributed by atoms with E-state index in [1.807, 2.05) is 53.8 Å². The number of carbonyl (C=O) groups excluding carboxylic acids is 2. The Labute approximate surface area is 221 Å². The van der Waals surface area contributed by atoms with Gasteiger partial charge in [-0.15, -0.1) is 0 Å². The van der Waals surface area contributed by atoms with Crippen molar-refractivity contribution in [3.63, 3.8) is 0 Å². The summed E-state index contributed by atoms with van der Waals surface area (Å²) in [6, 6.07) is 0.0887. The van der Waals surface area contributed by atoms with Crippen molar-refractivity contribution in [2.45, 2.75) is 59.0 Å². The highest BCUT2D eigenvalue weighted by Gasteiger charge is 2.27. The maximum atomic E-state index is 12.5. The monoisotopic (exact) mass is 506 g/mol. The zero-order valence-corrected chi connectivity index (χ0v) is 23.3. The highest BCUT2D eigenvalue weighted by molar-refractivity contribution is 5.93. The standard InChI is InChI=1S/C29H42N6O2/c1-10-27(36)33(9)25-12-11-15-34(20-25)26(18-30-8)23(4)22(3)14-13-21(2)16-31-28(37)24-17-32-35(19-24)29(5,6)7/h10,13-14,17-19,25H,1,4,8,11-12,15-16,20H2,2-3,5-7,9H3,(H,31,37)/b21-13+,22-14+,26-18+. The van der Waals surface area contributed by atoms with E-state index in [0.717, 1.165) is 41.8 Å². The number of likely N-dealkylation sites (N-methyl/N-ethyl adjacent to an activating group) is 1. The molecule has 1 aliphatic rings. The van der Waals surface area contributed by atoms with Crippen molar-refractivity contribution in [1.82, 2.24) is 24.9 Å². The van der Waals surface area contributed by atoms with Crippen LogP contribution in [0.15, 0.2) is 77.4 Å². The lowest BCUT2D eigenvalue weighted by atomic mass is 9.99. The van der Waals surface area contributed by atoms with E-state index in [-0.39, 0.29) is 23.4 Å². The Morgan fingerprint density at radius 2 is 2.00 bits per heavy atom. The molecule has 0 spiro atoms. The first-order valence-electron chi connectivity index (χ1n) is 12.6. The van der Waals surface area contributed by atoms with Gasteiger partial charge < -0.3 is 15.1 Å². The summed E-state index contributed by atoms with van der Waals surface area (Å²) in [5, 5.41) is 7.23. The Morgan fingerprint density at radius 3 is 2.59 bits per heavy atom. The largest absolute Gasteiger partial charge is 0.368 e. The molecule has 1 aliphatic heterocycles. The number of likely N-dealkylation sites (tertiary alicyclic amines) is 1. The molecule has 1 saturated heterocycles. The number of amides is 2. The molecular weight excluding hydrogens is 464 g/mol. The number of aromatic nitrogens is 2. The van der Waals surface area contributed by atoms with Crippen LogP contribution in [0.2, 0.25) is 0 Å². The van der Waals surface area contributed by atoms with Crippen molar-refractivity contribution in [2.24, 2.45) is 4.99 Å². The molecule has 2 heterocycles. The number of allylic oxidation sites excluding steroid dienone is 3. The molecule has 0 aromatic carbocycles. The van der Waals surface area contributed by atoms with Crippen LogP contribution >= 0.6 is 0 Å². The van der Waals surface area contributed by atoms with Crippen LogP contribution in [0.5, 0.6) is 0 Å². The smallest absolute Gasteiger partial charge is 0.254 e. The molecule has 200 valence electrons. The minimum Gasteiger partial charge on any atom is -0.368 e. The summed E-state index contributed by atoms with van der Waals surface area (Å²) in [6.07, 6.45) is 12.3.